The van der Waals surface area contributed by atoms with E-state index in [9.17, 15) is 14.7 Å². The number of aromatic nitrogens is 4. The summed E-state index contributed by atoms with van der Waals surface area (Å²) in [6.45, 7) is 3.40. The summed E-state index contributed by atoms with van der Waals surface area (Å²) in [5, 5.41) is 17.9. The first-order valence-electron chi connectivity index (χ1n) is 11.7. The van der Waals surface area contributed by atoms with Gasteiger partial charge in [0.2, 0.25) is 5.82 Å². The van der Waals surface area contributed by atoms with Crippen LogP contribution in [0.25, 0.3) is 22.6 Å². The van der Waals surface area contributed by atoms with Gasteiger partial charge in [-0.2, -0.15) is 10.1 Å². The molecule has 192 valence electrons. The van der Waals surface area contributed by atoms with Crippen LogP contribution >= 0.6 is 0 Å². The number of rotatable bonds is 11. The minimum absolute atomic E-state index is 0.202. The van der Waals surface area contributed by atoms with Crippen LogP contribution in [0.1, 0.15) is 18.4 Å². The van der Waals surface area contributed by atoms with Gasteiger partial charge in [0.1, 0.15) is 6.61 Å². The molecule has 11 heteroatoms. The van der Waals surface area contributed by atoms with Crippen LogP contribution in [0.5, 0.6) is 0 Å². The number of anilines is 1. The average molecular weight is 506 g/mol. The number of benzene rings is 2. The minimum atomic E-state index is -1.03. The van der Waals surface area contributed by atoms with Crippen molar-refractivity contribution in [3.63, 3.8) is 0 Å². The maximum absolute atomic E-state index is 12.5. The third kappa shape index (κ3) is 6.46. The molecule has 2 heterocycles. The molecule has 0 spiro atoms. The molecule has 37 heavy (non-hydrogen) atoms. The van der Waals surface area contributed by atoms with Crippen LogP contribution in [-0.4, -0.2) is 58.0 Å². The van der Waals surface area contributed by atoms with Crippen LogP contribution in [0.15, 0.2) is 70.0 Å². The van der Waals surface area contributed by atoms with Gasteiger partial charge >= 0.3 is 6.09 Å². The van der Waals surface area contributed by atoms with E-state index in [2.05, 4.69) is 15.2 Å². The number of methoxy groups -OCH3 is 1. The Morgan fingerprint density at radius 2 is 1.86 bits per heavy atom. The molecule has 0 aliphatic rings. The lowest BCUT2D eigenvalue weighted by atomic mass is 10.1. The van der Waals surface area contributed by atoms with Crippen LogP contribution in [0.4, 0.5) is 10.5 Å². The quantitative estimate of drug-likeness (QED) is 0.303. The summed E-state index contributed by atoms with van der Waals surface area (Å²) in [6, 6.07) is 17.6. The monoisotopic (exact) mass is 505 g/mol. The predicted octanol–water partition coefficient (Wildman–Crippen LogP) is 3.68. The van der Waals surface area contributed by atoms with Gasteiger partial charge in [-0.3, -0.25) is 9.69 Å². The summed E-state index contributed by atoms with van der Waals surface area (Å²) in [6.07, 6.45) is -1.03. The van der Waals surface area contributed by atoms with Gasteiger partial charge in [-0.1, -0.05) is 41.6 Å². The number of carbonyl (C=O) groups is 1. The molecule has 2 aromatic carbocycles. The third-order valence-electron chi connectivity index (χ3n) is 5.53. The van der Waals surface area contributed by atoms with Gasteiger partial charge in [-0.25, -0.2) is 9.48 Å². The molecule has 1 N–H and O–H groups in total. The maximum atomic E-state index is 12.5. The lowest BCUT2D eigenvalue weighted by Crippen LogP contribution is -2.29. The van der Waals surface area contributed by atoms with Gasteiger partial charge in [0.15, 0.2) is 0 Å². The van der Waals surface area contributed by atoms with Crippen LogP contribution in [0.2, 0.25) is 0 Å². The van der Waals surface area contributed by atoms with Gasteiger partial charge in [-0.05, 0) is 30.7 Å². The van der Waals surface area contributed by atoms with E-state index in [0.29, 0.717) is 42.9 Å². The molecule has 0 aliphatic carbocycles. The Bertz CT molecular complexity index is 1400. The van der Waals surface area contributed by atoms with Gasteiger partial charge in [0.25, 0.3) is 11.4 Å². The number of carboxylic acid groups (broad SMARTS) is 1. The zero-order chi connectivity index (χ0) is 26.2. The molecule has 0 saturated carbocycles. The lowest BCUT2D eigenvalue weighted by molar-refractivity contribution is 0.0494. The first-order chi connectivity index (χ1) is 18.0. The minimum Gasteiger partial charge on any atom is -0.465 e. The number of amides is 1. The Morgan fingerprint density at radius 1 is 1.08 bits per heavy atom. The van der Waals surface area contributed by atoms with Crippen LogP contribution in [0.3, 0.4) is 0 Å². The fourth-order valence-corrected chi connectivity index (χ4v) is 3.66. The zero-order valence-corrected chi connectivity index (χ0v) is 20.5. The highest BCUT2D eigenvalue weighted by Crippen LogP contribution is 2.22. The van der Waals surface area contributed by atoms with Crippen molar-refractivity contribution in [2.45, 2.75) is 20.1 Å². The Morgan fingerprint density at radius 3 is 2.59 bits per heavy atom. The molecule has 4 rings (SSSR count). The standard InChI is InChI=1S/C26H27N5O6/c1-3-30(26(33)34)21-6-4-5-18(15-21)16-31-24(32)12-11-22(28-31)19-7-9-20(10-8-19)25-27-23(37-29-25)17-36-14-13-35-2/h4-12,15H,3,13-14,16-17H2,1-2H3,(H,33,34). The van der Waals surface area contributed by atoms with Gasteiger partial charge in [0.05, 0.1) is 25.5 Å². The van der Waals surface area contributed by atoms with E-state index >= 15 is 0 Å². The summed E-state index contributed by atoms with van der Waals surface area (Å²) in [5.41, 5.74) is 3.23. The Labute approximate surface area is 212 Å². The van der Waals surface area contributed by atoms with Crippen molar-refractivity contribution < 1.29 is 23.9 Å². The summed E-state index contributed by atoms with van der Waals surface area (Å²) in [4.78, 5) is 29.5. The highest BCUT2D eigenvalue weighted by atomic mass is 16.5. The van der Waals surface area contributed by atoms with Crippen molar-refractivity contribution in [2.75, 3.05) is 31.8 Å². The van der Waals surface area contributed by atoms with E-state index < -0.39 is 6.09 Å². The van der Waals surface area contributed by atoms with E-state index in [0.717, 1.165) is 16.7 Å². The van der Waals surface area contributed by atoms with Gasteiger partial charge < -0.3 is 19.1 Å². The predicted molar refractivity (Wildman–Crippen MR) is 135 cm³/mol. The van der Waals surface area contributed by atoms with Crippen molar-refractivity contribution in [3.8, 4) is 22.6 Å². The molecule has 0 aliphatic heterocycles. The smallest absolute Gasteiger partial charge is 0.411 e. The SMILES string of the molecule is CCN(C(=O)O)c1cccc(Cn2nc(-c3ccc(-c4noc(COCCOC)n4)cc3)ccc2=O)c1. The third-order valence-corrected chi connectivity index (χ3v) is 5.53. The van der Waals surface area contributed by atoms with Crippen LogP contribution in [-0.2, 0) is 22.6 Å². The Hall–Kier alpha value is -4.35. The van der Waals surface area contributed by atoms with E-state index in [1.54, 1.807) is 38.3 Å². The molecule has 0 radical (unpaired) electrons. The lowest BCUT2D eigenvalue weighted by Gasteiger charge is -2.18. The molecule has 0 fully saturated rings. The summed E-state index contributed by atoms with van der Waals surface area (Å²) >= 11 is 0. The van der Waals surface area contributed by atoms with Crippen LogP contribution < -0.4 is 10.5 Å². The van der Waals surface area contributed by atoms with Crippen molar-refractivity contribution in [3.05, 3.63) is 82.5 Å². The van der Waals surface area contributed by atoms with Crippen molar-refractivity contribution in [1.29, 1.82) is 0 Å². The average Bonchev–Trinajstić information content (AvgIpc) is 3.38. The van der Waals surface area contributed by atoms with Crippen molar-refractivity contribution in [1.82, 2.24) is 19.9 Å². The topological polar surface area (TPSA) is 133 Å². The molecule has 0 atom stereocenters. The Balaban J connectivity index is 1.49. The largest absolute Gasteiger partial charge is 0.465 e. The molecule has 1 amide bonds. The van der Waals surface area contributed by atoms with E-state index in [4.69, 9.17) is 14.0 Å². The summed E-state index contributed by atoms with van der Waals surface area (Å²) < 4.78 is 16.9. The highest BCUT2D eigenvalue weighted by Gasteiger charge is 2.13. The molecule has 0 saturated heterocycles. The van der Waals surface area contributed by atoms with E-state index in [1.807, 2.05) is 30.3 Å². The number of nitrogens with zero attached hydrogens (tertiary/aromatic N) is 5. The first-order valence-corrected chi connectivity index (χ1v) is 11.7. The highest BCUT2D eigenvalue weighted by molar-refractivity contribution is 5.86. The maximum Gasteiger partial charge on any atom is 0.411 e. The molecule has 4 aromatic rings. The second kappa shape index (κ2) is 12.1. The molecular formula is C26H27N5O6. The normalized spacial score (nSPS) is 11.0. The van der Waals surface area contributed by atoms with Crippen molar-refractivity contribution in [2.24, 2.45) is 0 Å². The number of ether oxygens (including phenoxy) is 2. The first kappa shape index (κ1) is 25.7. The van der Waals surface area contributed by atoms with E-state index in [-0.39, 0.29) is 18.7 Å². The van der Waals surface area contributed by atoms with E-state index in [1.165, 1.54) is 15.6 Å². The molecule has 0 unspecified atom stereocenters. The second-order valence-electron chi connectivity index (χ2n) is 8.05. The molecule has 11 nitrogen and oxygen atoms in total. The molecular weight excluding hydrogens is 478 g/mol. The second-order valence-corrected chi connectivity index (χ2v) is 8.05. The van der Waals surface area contributed by atoms with Gasteiger partial charge in [-0.15, -0.1) is 0 Å². The zero-order valence-electron chi connectivity index (χ0n) is 20.5. The summed E-state index contributed by atoms with van der Waals surface area (Å²) in [5.74, 6) is 0.815. The fourth-order valence-electron chi connectivity index (χ4n) is 3.66. The van der Waals surface area contributed by atoms with Crippen LogP contribution in [0, 0.1) is 0 Å². The molecule has 0 bridgehead atoms. The Kier molecular flexibility index (Phi) is 8.39. The fraction of sp³-hybridized carbons (Fsp3) is 0.269. The number of hydrogen-bond donors (Lipinski definition) is 1. The summed E-state index contributed by atoms with van der Waals surface area (Å²) in [7, 11) is 1.60. The molecule has 2 aromatic heterocycles. The number of hydrogen-bond acceptors (Lipinski definition) is 8. The van der Waals surface area contributed by atoms with Gasteiger partial charge in [0, 0.05) is 36.5 Å². The van der Waals surface area contributed by atoms with Crippen molar-refractivity contribution >= 4 is 11.8 Å².